The number of benzene rings is 2. The molecule has 1 aliphatic heterocycles. The molecule has 0 unspecified atom stereocenters. The lowest BCUT2D eigenvalue weighted by molar-refractivity contribution is -0.132. The van der Waals surface area contributed by atoms with Gasteiger partial charge in [0.15, 0.2) is 0 Å². The molecular weight excluding hydrogens is 416 g/mol. The summed E-state index contributed by atoms with van der Waals surface area (Å²) in [5, 5.41) is 0. The Morgan fingerprint density at radius 3 is 2.31 bits per heavy atom. The van der Waals surface area contributed by atoms with Crippen molar-refractivity contribution in [2.75, 3.05) is 26.2 Å². The van der Waals surface area contributed by atoms with E-state index in [1.807, 2.05) is 30.3 Å². The van der Waals surface area contributed by atoms with E-state index in [2.05, 4.69) is 15.9 Å². The third kappa shape index (κ3) is 4.52. The number of carbonyl (C=O) groups is 1. The molecule has 0 saturated carbocycles. The van der Waals surface area contributed by atoms with Gasteiger partial charge in [-0.15, -0.1) is 0 Å². The minimum absolute atomic E-state index is 0.0772. The van der Waals surface area contributed by atoms with Gasteiger partial charge in [-0.05, 0) is 30.2 Å². The summed E-state index contributed by atoms with van der Waals surface area (Å²) in [6, 6.07) is 16.6. The molecule has 7 heteroatoms. The zero-order valence-corrected chi connectivity index (χ0v) is 16.7. The van der Waals surface area contributed by atoms with Gasteiger partial charge < -0.3 is 4.90 Å². The van der Waals surface area contributed by atoms with Crippen LogP contribution in [0.1, 0.15) is 12.0 Å². The lowest BCUT2D eigenvalue weighted by Crippen LogP contribution is -2.50. The van der Waals surface area contributed by atoms with Gasteiger partial charge in [0, 0.05) is 37.1 Å². The highest BCUT2D eigenvalue weighted by Gasteiger charge is 2.30. The van der Waals surface area contributed by atoms with Crippen LogP contribution in [-0.2, 0) is 21.2 Å². The molecule has 1 amide bonds. The molecule has 0 aromatic heterocycles. The van der Waals surface area contributed by atoms with Gasteiger partial charge in [-0.1, -0.05) is 52.3 Å². The van der Waals surface area contributed by atoms with Crippen molar-refractivity contribution in [2.45, 2.75) is 17.7 Å². The number of rotatable bonds is 5. The Kier molecular flexibility index (Phi) is 6.11. The summed E-state index contributed by atoms with van der Waals surface area (Å²) in [6.07, 6.45) is 1.15. The molecule has 1 fully saturated rings. The van der Waals surface area contributed by atoms with Crippen molar-refractivity contribution in [1.82, 2.24) is 9.21 Å². The van der Waals surface area contributed by atoms with Crippen LogP contribution in [0.15, 0.2) is 64.0 Å². The van der Waals surface area contributed by atoms with Crippen LogP contribution in [0.3, 0.4) is 0 Å². The zero-order chi connectivity index (χ0) is 18.6. The molecule has 0 aliphatic carbocycles. The van der Waals surface area contributed by atoms with Crippen molar-refractivity contribution in [2.24, 2.45) is 0 Å². The fourth-order valence-corrected chi connectivity index (χ4v) is 5.03. The van der Waals surface area contributed by atoms with E-state index >= 15 is 0 Å². The molecule has 0 radical (unpaired) electrons. The van der Waals surface area contributed by atoms with E-state index in [1.54, 1.807) is 29.2 Å². The van der Waals surface area contributed by atoms with Gasteiger partial charge in [0.1, 0.15) is 0 Å². The predicted octanol–water partition coefficient (Wildman–Crippen LogP) is 2.91. The minimum atomic E-state index is -3.52. The molecule has 5 nitrogen and oxygen atoms in total. The van der Waals surface area contributed by atoms with Crippen LogP contribution >= 0.6 is 15.9 Å². The highest BCUT2D eigenvalue weighted by atomic mass is 79.9. The first-order chi connectivity index (χ1) is 12.5. The molecule has 2 aromatic rings. The summed E-state index contributed by atoms with van der Waals surface area (Å²) in [5.41, 5.74) is 1.14. The third-order valence-corrected chi connectivity index (χ3v) is 6.88. The number of carbonyl (C=O) groups excluding carboxylic acids is 1. The van der Waals surface area contributed by atoms with Crippen molar-refractivity contribution in [3.63, 3.8) is 0 Å². The number of sulfonamides is 1. The second-order valence-corrected chi connectivity index (χ2v) is 9.08. The average molecular weight is 437 g/mol. The Morgan fingerprint density at radius 1 is 0.962 bits per heavy atom. The van der Waals surface area contributed by atoms with Gasteiger partial charge in [-0.2, -0.15) is 4.31 Å². The molecule has 26 heavy (non-hydrogen) atoms. The van der Waals surface area contributed by atoms with Crippen molar-refractivity contribution >= 4 is 31.9 Å². The van der Waals surface area contributed by atoms with E-state index in [0.717, 1.165) is 10.0 Å². The van der Waals surface area contributed by atoms with Crippen LogP contribution in [0.25, 0.3) is 0 Å². The Labute approximate surface area is 162 Å². The summed E-state index contributed by atoms with van der Waals surface area (Å²) in [5.74, 6) is 0.0772. The number of hydrogen-bond acceptors (Lipinski definition) is 3. The van der Waals surface area contributed by atoms with Crippen LogP contribution in [0, 0.1) is 0 Å². The zero-order valence-electron chi connectivity index (χ0n) is 14.3. The second-order valence-electron chi connectivity index (χ2n) is 6.23. The number of amides is 1. The van der Waals surface area contributed by atoms with Crippen LogP contribution < -0.4 is 0 Å². The minimum Gasteiger partial charge on any atom is -0.340 e. The largest absolute Gasteiger partial charge is 0.340 e. The first-order valence-corrected chi connectivity index (χ1v) is 10.8. The third-order valence-electron chi connectivity index (χ3n) is 4.50. The molecule has 0 bridgehead atoms. The van der Waals surface area contributed by atoms with E-state index in [1.165, 1.54) is 4.31 Å². The van der Waals surface area contributed by atoms with E-state index < -0.39 is 10.0 Å². The molecular formula is C19H21BrN2O3S. The highest BCUT2D eigenvalue weighted by molar-refractivity contribution is 9.10. The van der Waals surface area contributed by atoms with E-state index in [4.69, 9.17) is 0 Å². The van der Waals surface area contributed by atoms with Crippen LogP contribution in [-0.4, -0.2) is 49.7 Å². The highest BCUT2D eigenvalue weighted by Crippen LogP contribution is 2.21. The second kappa shape index (κ2) is 8.33. The van der Waals surface area contributed by atoms with Gasteiger partial charge in [0.25, 0.3) is 0 Å². The molecule has 138 valence electrons. The number of piperazine rings is 1. The van der Waals surface area contributed by atoms with Gasteiger partial charge in [0.05, 0.1) is 4.90 Å². The maximum absolute atomic E-state index is 12.7. The summed E-state index contributed by atoms with van der Waals surface area (Å²) in [7, 11) is -3.52. The van der Waals surface area contributed by atoms with E-state index in [9.17, 15) is 13.2 Å². The molecule has 3 rings (SSSR count). The summed E-state index contributed by atoms with van der Waals surface area (Å²) >= 11 is 3.31. The van der Waals surface area contributed by atoms with Gasteiger partial charge in [-0.3, -0.25) is 4.79 Å². The Bertz CT molecular complexity index is 863. The number of nitrogens with zero attached hydrogens (tertiary/aromatic N) is 2. The molecule has 0 N–H and O–H groups in total. The lowest BCUT2D eigenvalue weighted by Gasteiger charge is -2.34. The normalized spacial score (nSPS) is 15.8. The molecule has 1 aliphatic rings. The van der Waals surface area contributed by atoms with Crippen LogP contribution in [0.5, 0.6) is 0 Å². The lowest BCUT2D eigenvalue weighted by atomic mass is 10.1. The fraction of sp³-hybridized carbons (Fsp3) is 0.316. The molecule has 1 saturated heterocycles. The number of hydrogen-bond donors (Lipinski definition) is 0. The summed E-state index contributed by atoms with van der Waals surface area (Å²) < 4.78 is 27.6. The van der Waals surface area contributed by atoms with E-state index in [-0.39, 0.29) is 10.8 Å². The van der Waals surface area contributed by atoms with Crippen LogP contribution in [0.4, 0.5) is 0 Å². The van der Waals surface area contributed by atoms with Crippen molar-refractivity contribution in [3.05, 3.63) is 64.6 Å². The Morgan fingerprint density at radius 2 is 1.65 bits per heavy atom. The average Bonchev–Trinajstić information content (AvgIpc) is 2.67. The SMILES string of the molecule is O=C(CCc1ccccc1)N1CCN(S(=O)(=O)c2cccc(Br)c2)CC1. The van der Waals surface area contributed by atoms with Crippen molar-refractivity contribution in [3.8, 4) is 0 Å². The van der Waals surface area contributed by atoms with Crippen molar-refractivity contribution < 1.29 is 13.2 Å². The maximum atomic E-state index is 12.7. The Balaban J connectivity index is 1.56. The number of halogens is 1. The van der Waals surface area contributed by atoms with Gasteiger partial charge in [-0.25, -0.2) is 8.42 Å². The maximum Gasteiger partial charge on any atom is 0.243 e. The summed E-state index contributed by atoms with van der Waals surface area (Å²) in [6.45, 7) is 1.51. The quantitative estimate of drug-likeness (QED) is 0.723. The predicted molar refractivity (Wildman–Crippen MR) is 104 cm³/mol. The first kappa shape index (κ1) is 19.1. The van der Waals surface area contributed by atoms with Crippen molar-refractivity contribution in [1.29, 1.82) is 0 Å². The van der Waals surface area contributed by atoms with Gasteiger partial charge >= 0.3 is 0 Å². The molecule has 0 spiro atoms. The molecule has 0 atom stereocenters. The fourth-order valence-electron chi connectivity index (χ4n) is 3.01. The van der Waals surface area contributed by atoms with E-state index in [0.29, 0.717) is 39.0 Å². The number of aryl methyl sites for hydroxylation is 1. The molecule has 1 heterocycles. The first-order valence-electron chi connectivity index (χ1n) is 8.54. The Hall–Kier alpha value is -1.70. The monoisotopic (exact) mass is 436 g/mol. The molecule has 2 aromatic carbocycles. The smallest absolute Gasteiger partial charge is 0.243 e. The van der Waals surface area contributed by atoms with Crippen LogP contribution in [0.2, 0.25) is 0 Å². The topological polar surface area (TPSA) is 57.7 Å². The summed E-state index contributed by atoms with van der Waals surface area (Å²) in [4.78, 5) is 14.4. The van der Waals surface area contributed by atoms with Gasteiger partial charge in [0.2, 0.25) is 15.9 Å². The standard InChI is InChI=1S/C19H21BrN2O3S/c20-17-7-4-8-18(15-17)26(24,25)22-13-11-21(12-14-22)19(23)10-9-16-5-2-1-3-6-16/h1-8,15H,9-14H2.